The number of aliphatic hydroxyl groups excluding tert-OH is 2. The number of para-hydroxylation sites is 1. The number of carbonyl (C=O) groups excluding carboxylic acids is 1. The lowest BCUT2D eigenvalue weighted by atomic mass is 9.55. The van der Waals surface area contributed by atoms with Gasteiger partial charge in [0.2, 0.25) is 15.8 Å². The fourth-order valence-electron chi connectivity index (χ4n) is 9.78. The van der Waals surface area contributed by atoms with Gasteiger partial charge in [-0.05, 0) is 85.4 Å². The Hall–Kier alpha value is -5.12. The van der Waals surface area contributed by atoms with E-state index in [0.717, 1.165) is 42.4 Å². The SMILES string of the molecule is C=CCO[C@@]12Oc3ccc(OC(=O)NCc4ccccc4)cc3[C@H]3[C@H](CCCCO)[C@@H](CCCCO)C=C(C(=NOC)C[C@@H]1N(CCC)S(=O)(=O)c1cccc4cccnc14)[C@H]32. The highest BCUT2D eigenvalue weighted by molar-refractivity contribution is 7.89. The highest BCUT2D eigenvalue weighted by atomic mass is 32.2. The minimum atomic E-state index is -4.29. The first-order chi connectivity index (χ1) is 30.2. The molecule has 3 aliphatic rings. The number of fused-ring (bicyclic) bond motifs is 3. The minimum Gasteiger partial charge on any atom is -0.460 e. The van der Waals surface area contributed by atoms with Gasteiger partial charge >= 0.3 is 6.09 Å². The van der Waals surface area contributed by atoms with Gasteiger partial charge in [0.25, 0.3) is 0 Å². The van der Waals surface area contributed by atoms with Crippen LogP contribution in [0.1, 0.15) is 75.3 Å². The fourth-order valence-corrected chi connectivity index (χ4v) is 11.7. The molecule has 1 amide bonds. The van der Waals surface area contributed by atoms with Crippen molar-refractivity contribution in [3.8, 4) is 11.5 Å². The first-order valence-corrected chi connectivity index (χ1v) is 23.1. The van der Waals surface area contributed by atoms with Crippen LogP contribution in [0.4, 0.5) is 4.79 Å². The fraction of sp³-hybridized carbons (Fsp3) is 0.438. The number of aromatic nitrogens is 1. The molecule has 1 aliphatic heterocycles. The van der Waals surface area contributed by atoms with Gasteiger partial charge < -0.3 is 34.6 Å². The summed E-state index contributed by atoms with van der Waals surface area (Å²) in [5, 5.41) is 28.0. The predicted octanol–water partition coefficient (Wildman–Crippen LogP) is 7.89. The molecule has 62 heavy (non-hydrogen) atoms. The summed E-state index contributed by atoms with van der Waals surface area (Å²) in [5.41, 5.74) is 3.49. The Morgan fingerprint density at radius 2 is 1.81 bits per heavy atom. The summed E-state index contributed by atoms with van der Waals surface area (Å²) in [7, 11) is -2.81. The van der Waals surface area contributed by atoms with E-state index < -0.39 is 33.9 Å². The van der Waals surface area contributed by atoms with Crippen molar-refractivity contribution in [2.45, 2.75) is 87.5 Å². The van der Waals surface area contributed by atoms with Crippen molar-refractivity contribution in [3.63, 3.8) is 0 Å². The third-order valence-corrected chi connectivity index (χ3v) is 14.3. The Balaban J connectivity index is 1.42. The molecule has 2 heterocycles. The number of carbonyl (C=O) groups is 1. The molecule has 6 atom stereocenters. The smallest absolute Gasteiger partial charge is 0.412 e. The quantitative estimate of drug-likeness (QED) is 0.0451. The number of rotatable bonds is 20. The van der Waals surface area contributed by atoms with Gasteiger partial charge in [0.1, 0.15) is 23.5 Å². The van der Waals surface area contributed by atoms with E-state index in [1.54, 1.807) is 42.6 Å². The number of amides is 1. The van der Waals surface area contributed by atoms with Crippen molar-refractivity contribution in [1.29, 1.82) is 0 Å². The molecule has 14 heteroatoms. The van der Waals surface area contributed by atoms with Gasteiger partial charge in [-0.25, -0.2) is 13.2 Å². The monoisotopic (exact) mass is 866 g/mol. The second kappa shape index (κ2) is 20.4. The van der Waals surface area contributed by atoms with Crippen molar-refractivity contribution < 1.29 is 42.5 Å². The van der Waals surface area contributed by atoms with Gasteiger partial charge in [-0.15, -0.1) is 6.58 Å². The van der Waals surface area contributed by atoms with Crippen molar-refractivity contribution in [3.05, 3.63) is 120 Å². The molecule has 0 unspecified atom stereocenters. The molecule has 4 aromatic rings. The van der Waals surface area contributed by atoms with Gasteiger partial charge in [0.15, 0.2) is 0 Å². The molecule has 0 saturated heterocycles. The van der Waals surface area contributed by atoms with Crippen LogP contribution in [0.2, 0.25) is 0 Å². The van der Waals surface area contributed by atoms with E-state index in [9.17, 15) is 15.0 Å². The largest absolute Gasteiger partial charge is 0.460 e. The number of pyridine rings is 1. The Morgan fingerprint density at radius 3 is 2.55 bits per heavy atom. The zero-order valence-corrected chi connectivity index (χ0v) is 36.3. The lowest BCUT2D eigenvalue weighted by Crippen LogP contribution is -2.70. The molecule has 1 aromatic heterocycles. The molecule has 330 valence electrons. The van der Waals surface area contributed by atoms with E-state index in [0.29, 0.717) is 47.4 Å². The summed E-state index contributed by atoms with van der Waals surface area (Å²) >= 11 is 0. The molecule has 1 fully saturated rings. The van der Waals surface area contributed by atoms with Gasteiger partial charge in [-0.1, -0.05) is 85.6 Å². The van der Waals surface area contributed by atoms with Crippen molar-refractivity contribution >= 4 is 32.7 Å². The molecule has 13 nitrogen and oxygen atoms in total. The Bertz CT molecular complexity index is 2350. The normalized spacial score (nSPS) is 23.5. The second-order valence-corrected chi connectivity index (χ2v) is 18.0. The maximum absolute atomic E-state index is 15.4. The average Bonchev–Trinajstić information content (AvgIpc) is 3.28. The number of nitrogens with one attached hydrogen (secondary N) is 1. The van der Waals surface area contributed by atoms with Gasteiger partial charge in [0.05, 0.1) is 29.8 Å². The number of hydrogen-bond acceptors (Lipinski definition) is 11. The first kappa shape index (κ1) is 44.9. The van der Waals surface area contributed by atoms with Crippen LogP contribution < -0.4 is 14.8 Å². The predicted molar refractivity (Wildman–Crippen MR) is 237 cm³/mol. The number of aliphatic hydroxyl groups is 2. The van der Waals surface area contributed by atoms with Crippen molar-refractivity contribution in [2.24, 2.45) is 22.9 Å². The molecule has 7 rings (SSSR count). The van der Waals surface area contributed by atoms with Crippen LogP contribution in [0.25, 0.3) is 10.9 Å². The Morgan fingerprint density at radius 1 is 1.03 bits per heavy atom. The topological polar surface area (TPSA) is 169 Å². The maximum Gasteiger partial charge on any atom is 0.412 e. The first-order valence-electron chi connectivity index (χ1n) is 21.7. The summed E-state index contributed by atoms with van der Waals surface area (Å²) in [6.45, 7) is 6.51. The van der Waals surface area contributed by atoms with E-state index in [-0.39, 0.29) is 62.0 Å². The Kier molecular flexibility index (Phi) is 14.8. The van der Waals surface area contributed by atoms with E-state index in [1.807, 2.05) is 55.5 Å². The second-order valence-electron chi connectivity index (χ2n) is 16.1. The Labute approximate surface area is 364 Å². The molecule has 3 aromatic carbocycles. The lowest BCUT2D eigenvalue weighted by molar-refractivity contribution is -0.251. The number of oxime groups is 1. The number of nitrogens with zero attached hydrogens (tertiary/aromatic N) is 3. The van der Waals surface area contributed by atoms with E-state index in [4.69, 9.17) is 19.0 Å². The average molecular weight is 867 g/mol. The highest BCUT2D eigenvalue weighted by Crippen LogP contribution is 2.62. The highest BCUT2D eigenvalue weighted by Gasteiger charge is 2.66. The number of benzene rings is 3. The third kappa shape index (κ3) is 9.16. The number of unbranched alkanes of at least 4 members (excludes halogenated alkanes) is 2. The van der Waals surface area contributed by atoms with E-state index >= 15 is 8.42 Å². The summed E-state index contributed by atoms with van der Waals surface area (Å²) < 4.78 is 52.5. The maximum atomic E-state index is 15.4. The molecular formula is C48H58N4O9S. The number of ether oxygens (including phenoxy) is 3. The number of hydrogen-bond donors (Lipinski definition) is 3. The molecule has 1 saturated carbocycles. The van der Waals surface area contributed by atoms with Crippen LogP contribution in [0, 0.1) is 17.8 Å². The third-order valence-electron chi connectivity index (χ3n) is 12.3. The molecule has 3 N–H and O–H groups in total. The van der Waals surface area contributed by atoms with Crippen molar-refractivity contribution in [1.82, 2.24) is 14.6 Å². The zero-order valence-electron chi connectivity index (χ0n) is 35.5. The minimum absolute atomic E-state index is 0.00543. The van der Waals surface area contributed by atoms with Crippen LogP contribution in [-0.4, -0.2) is 85.0 Å². The summed E-state index contributed by atoms with van der Waals surface area (Å²) in [4.78, 5) is 23.4. The molecule has 0 bridgehead atoms. The van der Waals surface area contributed by atoms with Crippen LogP contribution in [0.3, 0.4) is 0 Å². The van der Waals surface area contributed by atoms with Crippen LogP contribution in [0.15, 0.2) is 119 Å². The number of allylic oxidation sites excluding steroid dienone is 1. The standard InChI is InChI=1S/C48H58N4O9S/c1-4-25-52(62(56,57)42-21-13-18-34-19-14-24-49-46(34)42)43-31-40(51-58-3)38-29-35(17-9-11-26-53)37(20-10-12-27-54)44-39-30-36(60-47(55)50-32-33-15-7-6-8-16-33)22-23-41(39)61-48(43,45(38)44)59-28-5-2/h5-8,13-16,18-19,21-24,29-30,35,37,43-45,53-54H,2,4,9-12,17,20,25-28,31-32H2,1,3H3,(H,50,55)/t35-,37+,43-,44+,45+,48+/m0/s1. The molecule has 2 aliphatic carbocycles. The van der Waals surface area contributed by atoms with Gasteiger partial charge in [0, 0.05) is 55.8 Å². The van der Waals surface area contributed by atoms with E-state index in [1.165, 1.54) is 11.4 Å². The molecular weight excluding hydrogens is 809 g/mol. The van der Waals surface area contributed by atoms with E-state index in [2.05, 4.69) is 28.1 Å². The summed E-state index contributed by atoms with van der Waals surface area (Å²) in [6, 6.07) is 22.7. The summed E-state index contributed by atoms with van der Waals surface area (Å²) in [6.07, 6.45) is 9.65. The summed E-state index contributed by atoms with van der Waals surface area (Å²) in [5.74, 6) is -1.87. The van der Waals surface area contributed by atoms with Crippen LogP contribution >= 0.6 is 0 Å². The van der Waals surface area contributed by atoms with Crippen LogP contribution in [0.5, 0.6) is 11.5 Å². The lowest BCUT2D eigenvalue weighted by Gasteiger charge is -2.59. The van der Waals surface area contributed by atoms with Gasteiger partial charge in [-0.2, -0.15) is 4.31 Å². The molecule has 0 radical (unpaired) electrons. The molecule has 0 spiro atoms. The van der Waals surface area contributed by atoms with Gasteiger partial charge in [-0.3, -0.25) is 4.98 Å². The van der Waals surface area contributed by atoms with Crippen molar-refractivity contribution in [2.75, 3.05) is 33.5 Å². The number of sulfonamides is 1. The van der Waals surface area contributed by atoms with Crippen LogP contribution in [-0.2, 0) is 26.1 Å². The zero-order chi connectivity index (χ0) is 43.7.